The van der Waals surface area contributed by atoms with Gasteiger partial charge in [0.25, 0.3) is 0 Å². The quantitative estimate of drug-likeness (QED) is 0.397. The van der Waals surface area contributed by atoms with Gasteiger partial charge in [0.15, 0.2) is 15.6 Å². The van der Waals surface area contributed by atoms with E-state index in [0.29, 0.717) is 16.1 Å². The SMILES string of the molecule is Cc1ccc(S(=O)(=O)[C@@H](CC(=O)c2ccc(Br)cc2)c2ccccc2Cl)cc1. The maximum atomic E-state index is 13.4. The molecule has 1 atom stereocenters. The second-order valence-corrected chi connectivity index (χ2v) is 9.96. The first-order valence-electron chi connectivity index (χ1n) is 8.63. The molecule has 0 radical (unpaired) electrons. The highest BCUT2D eigenvalue weighted by molar-refractivity contribution is 9.10. The third kappa shape index (κ3) is 4.54. The number of sulfone groups is 1. The summed E-state index contributed by atoms with van der Waals surface area (Å²) >= 11 is 9.64. The van der Waals surface area contributed by atoms with Crippen molar-refractivity contribution in [1.29, 1.82) is 0 Å². The molecule has 0 aromatic heterocycles. The summed E-state index contributed by atoms with van der Waals surface area (Å²) in [5.41, 5.74) is 1.84. The van der Waals surface area contributed by atoms with Crippen LogP contribution in [0.1, 0.15) is 33.2 Å². The van der Waals surface area contributed by atoms with E-state index in [1.54, 1.807) is 72.8 Å². The Balaban J connectivity index is 2.05. The van der Waals surface area contributed by atoms with Crippen LogP contribution in [0.15, 0.2) is 82.2 Å². The van der Waals surface area contributed by atoms with Gasteiger partial charge in [0.2, 0.25) is 0 Å². The molecule has 28 heavy (non-hydrogen) atoms. The Morgan fingerprint density at radius 2 is 1.57 bits per heavy atom. The van der Waals surface area contributed by atoms with Crippen molar-refractivity contribution in [1.82, 2.24) is 0 Å². The van der Waals surface area contributed by atoms with E-state index in [1.165, 1.54) is 0 Å². The highest BCUT2D eigenvalue weighted by Gasteiger charge is 2.33. The lowest BCUT2D eigenvalue weighted by atomic mass is 10.0. The van der Waals surface area contributed by atoms with E-state index in [0.717, 1.165) is 10.0 Å². The predicted octanol–water partition coefficient (Wildman–Crippen LogP) is 6.20. The highest BCUT2D eigenvalue weighted by atomic mass is 79.9. The van der Waals surface area contributed by atoms with Gasteiger partial charge >= 0.3 is 0 Å². The molecule has 0 saturated carbocycles. The van der Waals surface area contributed by atoms with Crippen LogP contribution in [0.4, 0.5) is 0 Å². The molecule has 0 unspecified atom stereocenters. The van der Waals surface area contributed by atoms with Crippen molar-refractivity contribution in [2.24, 2.45) is 0 Å². The van der Waals surface area contributed by atoms with Crippen molar-refractivity contribution in [3.05, 3.63) is 99.0 Å². The number of hydrogen-bond acceptors (Lipinski definition) is 3. The molecule has 0 N–H and O–H groups in total. The number of carbonyl (C=O) groups is 1. The number of halogens is 2. The molecule has 0 amide bonds. The van der Waals surface area contributed by atoms with Crippen molar-refractivity contribution < 1.29 is 13.2 Å². The Morgan fingerprint density at radius 1 is 0.964 bits per heavy atom. The largest absolute Gasteiger partial charge is 0.294 e. The van der Waals surface area contributed by atoms with E-state index < -0.39 is 15.1 Å². The van der Waals surface area contributed by atoms with Gasteiger partial charge in [0.1, 0.15) is 0 Å². The molecule has 0 fully saturated rings. The number of aryl methyl sites for hydroxylation is 1. The maximum Gasteiger partial charge on any atom is 0.185 e. The van der Waals surface area contributed by atoms with Crippen LogP contribution in [-0.2, 0) is 9.84 Å². The lowest BCUT2D eigenvalue weighted by molar-refractivity contribution is 0.0980. The fraction of sp³-hybridized carbons (Fsp3) is 0.136. The molecule has 144 valence electrons. The predicted molar refractivity (Wildman–Crippen MR) is 116 cm³/mol. The molecule has 0 saturated heterocycles. The van der Waals surface area contributed by atoms with Gasteiger partial charge in [-0.15, -0.1) is 0 Å². The second-order valence-electron chi connectivity index (χ2n) is 6.50. The summed E-state index contributed by atoms with van der Waals surface area (Å²) in [6.07, 6.45) is -0.193. The molecule has 0 aliphatic rings. The molecule has 0 aliphatic heterocycles. The Labute approximate surface area is 178 Å². The Hall–Kier alpha value is -1.95. The van der Waals surface area contributed by atoms with E-state index in [2.05, 4.69) is 15.9 Å². The molecule has 3 nitrogen and oxygen atoms in total. The zero-order valence-electron chi connectivity index (χ0n) is 15.1. The number of ketones is 1. The van der Waals surface area contributed by atoms with Gasteiger partial charge in [0, 0.05) is 21.5 Å². The minimum absolute atomic E-state index is 0.173. The molecular weight excluding hydrogens is 460 g/mol. The zero-order chi connectivity index (χ0) is 20.3. The van der Waals surface area contributed by atoms with E-state index in [9.17, 15) is 13.2 Å². The monoisotopic (exact) mass is 476 g/mol. The number of Topliss-reactive ketones (excluding diaryl/α,β-unsaturated/α-hetero) is 1. The molecular formula is C22H18BrClO3S. The fourth-order valence-corrected chi connectivity index (χ4v) is 5.29. The first-order chi connectivity index (χ1) is 13.3. The number of rotatable bonds is 6. The minimum atomic E-state index is -3.82. The summed E-state index contributed by atoms with van der Waals surface area (Å²) < 4.78 is 27.6. The van der Waals surface area contributed by atoms with Crippen LogP contribution in [-0.4, -0.2) is 14.2 Å². The van der Waals surface area contributed by atoms with E-state index in [-0.39, 0.29) is 17.1 Å². The third-order valence-electron chi connectivity index (χ3n) is 4.51. The summed E-state index contributed by atoms with van der Waals surface area (Å²) in [5, 5.41) is -0.744. The molecule has 0 bridgehead atoms. The topological polar surface area (TPSA) is 51.2 Å². The lowest BCUT2D eigenvalue weighted by Gasteiger charge is -2.19. The minimum Gasteiger partial charge on any atom is -0.294 e. The fourth-order valence-electron chi connectivity index (χ4n) is 2.94. The van der Waals surface area contributed by atoms with Crippen LogP contribution in [0.2, 0.25) is 5.02 Å². The van der Waals surface area contributed by atoms with Gasteiger partial charge in [-0.25, -0.2) is 8.42 Å². The average molecular weight is 478 g/mol. The van der Waals surface area contributed by atoms with Gasteiger partial charge in [-0.1, -0.05) is 75.6 Å². The summed E-state index contributed by atoms with van der Waals surface area (Å²) in [6, 6.07) is 20.2. The van der Waals surface area contributed by atoms with Gasteiger partial charge in [-0.05, 0) is 42.8 Å². The average Bonchev–Trinajstić information content (AvgIpc) is 2.67. The standard InChI is InChI=1S/C22H18BrClO3S/c1-15-6-12-18(13-7-15)28(26,27)22(19-4-2-3-5-20(19)24)14-21(25)16-8-10-17(23)11-9-16/h2-13,22H,14H2,1H3/t22-/m0/s1. The maximum absolute atomic E-state index is 13.4. The van der Waals surface area contributed by atoms with E-state index >= 15 is 0 Å². The first kappa shape index (κ1) is 20.8. The normalized spacial score (nSPS) is 12.5. The van der Waals surface area contributed by atoms with Crippen LogP contribution in [0.3, 0.4) is 0 Å². The summed E-state index contributed by atoms with van der Waals surface area (Å²) in [6.45, 7) is 1.89. The van der Waals surface area contributed by atoms with Crippen LogP contribution in [0, 0.1) is 6.92 Å². The van der Waals surface area contributed by atoms with Gasteiger partial charge < -0.3 is 0 Å². The molecule has 3 aromatic carbocycles. The number of carbonyl (C=O) groups excluding carboxylic acids is 1. The highest BCUT2D eigenvalue weighted by Crippen LogP contribution is 2.36. The molecule has 3 rings (SSSR count). The molecule has 0 spiro atoms. The molecule has 6 heteroatoms. The Kier molecular flexibility index (Phi) is 6.38. The zero-order valence-corrected chi connectivity index (χ0v) is 18.3. The van der Waals surface area contributed by atoms with Gasteiger partial charge in [-0.3, -0.25) is 4.79 Å². The van der Waals surface area contributed by atoms with Crippen molar-refractivity contribution in [2.75, 3.05) is 0 Å². The van der Waals surface area contributed by atoms with Crippen molar-refractivity contribution >= 4 is 43.2 Å². The lowest BCUT2D eigenvalue weighted by Crippen LogP contribution is -2.18. The van der Waals surface area contributed by atoms with Crippen LogP contribution in [0.25, 0.3) is 0 Å². The van der Waals surface area contributed by atoms with Gasteiger partial charge in [0.05, 0.1) is 10.1 Å². The van der Waals surface area contributed by atoms with Crippen LogP contribution < -0.4 is 0 Å². The van der Waals surface area contributed by atoms with E-state index in [1.807, 2.05) is 6.92 Å². The van der Waals surface area contributed by atoms with Crippen molar-refractivity contribution in [2.45, 2.75) is 23.5 Å². The molecule has 3 aromatic rings. The Bertz CT molecular complexity index is 1090. The summed E-state index contributed by atoms with van der Waals surface area (Å²) in [4.78, 5) is 13.0. The van der Waals surface area contributed by atoms with Crippen molar-refractivity contribution in [3.63, 3.8) is 0 Å². The molecule has 0 aliphatic carbocycles. The first-order valence-corrected chi connectivity index (χ1v) is 11.3. The smallest absolute Gasteiger partial charge is 0.185 e. The number of benzene rings is 3. The van der Waals surface area contributed by atoms with Crippen LogP contribution >= 0.6 is 27.5 Å². The van der Waals surface area contributed by atoms with Crippen LogP contribution in [0.5, 0.6) is 0 Å². The Morgan fingerprint density at radius 3 is 2.18 bits per heavy atom. The van der Waals surface area contributed by atoms with Crippen molar-refractivity contribution in [3.8, 4) is 0 Å². The summed E-state index contributed by atoms with van der Waals surface area (Å²) in [5.74, 6) is -0.256. The van der Waals surface area contributed by atoms with Gasteiger partial charge in [-0.2, -0.15) is 0 Å². The third-order valence-corrected chi connectivity index (χ3v) is 7.49. The number of hydrogen-bond donors (Lipinski definition) is 0. The van der Waals surface area contributed by atoms with E-state index in [4.69, 9.17) is 11.6 Å². The summed E-state index contributed by atoms with van der Waals surface area (Å²) in [7, 11) is -3.82. The second kappa shape index (κ2) is 8.60. The molecule has 0 heterocycles.